The van der Waals surface area contributed by atoms with Crippen molar-refractivity contribution >= 4 is 32.6 Å². The van der Waals surface area contributed by atoms with Gasteiger partial charge in [0.05, 0.1) is 17.5 Å². The van der Waals surface area contributed by atoms with E-state index < -0.39 is 51.7 Å². The van der Waals surface area contributed by atoms with Crippen molar-refractivity contribution < 1.29 is 36.3 Å². The number of hydrogen-bond acceptors (Lipinski definition) is 7. The second-order valence-electron chi connectivity index (χ2n) is 10.6. The Hall–Kier alpha value is -4.30. The summed E-state index contributed by atoms with van der Waals surface area (Å²) in [7, 11) is -3.60. The van der Waals surface area contributed by atoms with E-state index >= 15 is 0 Å². The summed E-state index contributed by atoms with van der Waals surface area (Å²) >= 11 is 0. The van der Waals surface area contributed by atoms with Gasteiger partial charge in [0.2, 0.25) is 11.8 Å². The molecule has 0 saturated heterocycles. The van der Waals surface area contributed by atoms with Gasteiger partial charge in [-0.2, -0.15) is 13.2 Å². The van der Waals surface area contributed by atoms with Gasteiger partial charge in [0.25, 0.3) is 0 Å². The number of amides is 2. The Morgan fingerprint density at radius 1 is 1.00 bits per heavy atom. The molecule has 4 aromatic rings. The second kappa shape index (κ2) is 12.5. The lowest BCUT2D eigenvalue weighted by molar-refractivity contribution is -0.266. The Kier molecular flexibility index (Phi) is 9.66. The molecule has 0 aliphatic carbocycles. The number of H-pyrrole nitrogens is 1. The van der Waals surface area contributed by atoms with E-state index in [0.717, 1.165) is 0 Å². The van der Waals surface area contributed by atoms with Crippen LogP contribution in [0.1, 0.15) is 59.2 Å². The number of nitrogens with zero attached hydrogens (tertiary/aromatic N) is 2. The lowest BCUT2D eigenvalue weighted by Crippen LogP contribution is -2.51. The predicted molar refractivity (Wildman–Crippen MR) is 154 cm³/mol. The zero-order chi connectivity index (χ0) is 32.2. The summed E-state index contributed by atoms with van der Waals surface area (Å²) in [6, 6.07) is 11.9. The summed E-state index contributed by atoms with van der Waals surface area (Å²) in [5.41, 5.74) is 7.18. The molecular formula is C29H32F3N5O5S. The molecule has 0 aliphatic heterocycles. The molecule has 10 nitrogen and oxygen atoms in total. The first-order valence-electron chi connectivity index (χ1n) is 13.0. The topological polar surface area (TPSA) is 182 Å². The van der Waals surface area contributed by atoms with E-state index in [9.17, 15) is 36.3 Å². The summed E-state index contributed by atoms with van der Waals surface area (Å²) in [5, 5.41) is 11.1. The molecule has 0 saturated carbocycles. The number of carbonyl (C=O) groups is 2. The molecule has 1 aromatic carbocycles. The molecule has 0 radical (unpaired) electrons. The number of sulfone groups is 1. The normalized spacial score (nSPS) is 13.6. The quantitative estimate of drug-likeness (QED) is 0.219. The van der Waals surface area contributed by atoms with Gasteiger partial charge in [0, 0.05) is 41.0 Å². The summed E-state index contributed by atoms with van der Waals surface area (Å²) in [5.74, 6) is -1.36. The first kappa shape index (κ1) is 33.2. The summed E-state index contributed by atoms with van der Waals surface area (Å²) in [6.45, 7) is 4.47. The molecule has 0 aliphatic rings. The number of pyridine rings is 2. The van der Waals surface area contributed by atoms with Crippen molar-refractivity contribution in [2.24, 2.45) is 11.5 Å². The third-order valence-electron chi connectivity index (χ3n) is 6.87. The highest BCUT2D eigenvalue weighted by molar-refractivity contribution is 7.91. The largest absolute Gasteiger partial charge is 0.417 e. The highest BCUT2D eigenvalue weighted by Crippen LogP contribution is 2.43. The monoisotopic (exact) mass is 619 g/mol. The predicted octanol–water partition coefficient (Wildman–Crippen LogP) is 3.84. The smallest absolute Gasteiger partial charge is 0.380 e. The van der Waals surface area contributed by atoms with Crippen molar-refractivity contribution in [2.75, 3.05) is 5.75 Å². The van der Waals surface area contributed by atoms with Crippen molar-refractivity contribution in [1.82, 2.24) is 15.0 Å². The Labute approximate surface area is 246 Å². The van der Waals surface area contributed by atoms with Gasteiger partial charge >= 0.3 is 6.18 Å². The van der Waals surface area contributed by atoms with E-state index in [4.69, 9.17) is 11.5 Å². The number of fused-ring (bicyclic) bond motifs is 1. The van der Waals surface area contributed by atoms with Crippen LogP contribution in [0.4, 0.5) is 13.2 Å². The average Bonchev–Trinajstić information content (AvgIpc) is 3.34. The lowest BCUT2D eigenvalue weighted by atomic mass is 9.72. The van der Waals surface area contributed by atoms with Crippen molar-refractivity contribution in [1.29, 1.82) is 0 Å². The molecule has 0 fully saturated rings. The Morgan fingerprint density at radius 3 is 2.16 bits per heavy atom. The number of aliphatic hydroxyl groups is 1. The van der Waals surface area contributed by atoms with Gasteiger partial charge in [0.15, 0.2) is 20.5 Å². The molecule has 14 heteroatoms. The minimum Gasteiger partial charge on any atom is -0.380 e. The van der Waals surface area contributed by atoms with Gasteiger partial charge < -0.3 is 21.6 Å². The third-order valence-corrected chi connectivity index (χ3v) is 8.49. The maximum absolute atomic E-state index is 14.2. The number of alkyl halides is 3. The summed E-state index contributed by atoms with van der Waals surface area (Å²) in [6.07, 6.45) is -2.28. The molecule has 230 valence electrons. The highest BCUT2D eigenvalue weighted by atomic mass is 32.2. The fourth-order valence-corrected chi connectivity index (χ4v) is 5.51. The standard InChI is InChI=1S/C23H26F3N3O4S.C6H6N2O/c1-4-34(32,33)19-10-14-9-15(29-18(14)12-28-19)11-22(31,23(24,25)26)13-21(2,3)17-8-6-5-7-16(17)20(27)30;7-6(9)5-1-3-8-4-2-5/h5-10,12,29,31H,4,11,13H2,1-3H3,(H2,27,30);1-4H,(H2,7,9)/t22-;/m0./s1. The van der Waals surface area contributed by atoms with E-state index in [1.807, 2.05) is 0 Å². The molecule has 1 atom stereocenters. The first-order valence-corrected chi connectivity index (χ1v) is 14.6. The Morgan fingerprint density at radius 2 is 1.63 bits per heavy atom. The third kappa shape index (κ3) is 7.76. The number of primary amides is 2. The fraction of sp³-hybridized carbons (Fsp3) is 0.310. The van der Waals surface area contributed by atoms with Gasteiger partial charge in [-0.3, -0.25) is 14.6 Å². The number of carbonyl (C=O) groups excluding carboxylic acids is 2. The van der Waals surface area contributed by atoms with Gasteiger partial charge in [-0.1, -0.05) is 39.0 Å². The molecule has 3 heterocycles. The molecule has 0 unspecified atom stereocenters. The van der Waals surface area contributed by atoms with Gasteiger partial charge in [-0.05, 0) is 47.7 Å². The molecule has 43 heavy (non-hydrogen) atoms. The van der Waals surface area contributed by atoms with Crippen LogP contribution in [-0.2, 0) is 21.7 Å². The second-order valence-corrected chi connectivity index (χ2v) is 12.8. The maximum atomic E-state index is 14.2. The summed E-state index contributed by atoms with van der Waals surface area (Å²) in [4.78, 5) is 32.6. The molecule has 2 amide bonds. The van der Waals surface area contributed by atoms with E-state index in [-0.39, 0.29) is 22.0 Å². The molecule has 4 rings (SSSR count). The van der Waals surface area contributed by atoms with Crippen molar-refractivity contribution in [2.45, 2.75) is 55.8 Å². The highest BCUT2D eigenvalue weighted by Gasteiger charge is 2.56. The van der Waals surface area contributed by atoms with Crippen LogP contribution in [-0.4, -0.2) is 57.8 Å². The zero-order valence-electron chi connectivity index (χ0n) is 23.6. The zero-order valence-corrected chi connectivity index (χ0v) is 24.5. The minimum atomic E-state index is -5.00. The number of benzene rings is 1. The number of nitrogens with two attached hydrogens (primary N) is 2. The molecule has 0 spiro atoms. The maximum Gasteiger partial charge on any atom is 0.417 e. The SMILES string of the molecule is CCS(=O)(=O)c1cc2cc(C[C@](O)(CC(C)(C)c3ccccc3C(N)=O)C(F)(F)F)[nH]c2cn1.NC(=O)c1ccncc1. The summed E-state index contributed by atoms with van der Waals surface area (Å²) < 4.78 is 66.7. The molecule has 3 aromatic heterocycles. The number of aromatic nitrogens is 3. The Bertz CT molecular complexity index is 1720. The fourth-order valence-electron chi connectivity index (χ4n) is 4.69. The molecule has 6 N–H and O–H groups in total. The number of rotatable bonds is 9. The van der Waals surface area contributed by atoms with Crippen LogP contribution in [0.3, 0.4) is 0 Å². The van der Waals surface area contributed by atoms with E-state index in [1.54, 1.807) is 24.3 Å². The first-order chi connectivity index (χ1) is 19.9. The van der Waals surface area contributed by atoms with Crippen LogP contribution in [0.5, 0.6) is 0 Å². The molecule has 0 bridgehead atoms. The minimum absolute atomic E-state index is 0.0571. The Balaban J connectivity index is 0.000000480. The van der Waals surface area contributed by atoms with Crippen LogP contribution in [0, 0.1) is 0 Å². The number of halogens is 3. The van der Waals surface area contributed by atoms with Crippen LogP contribution >= 0.6 is 0 Å². The van der Waals surface area contributed by atoms with Crippen molar-refractivity contribution in [3.8, 4) is 0 Å². The number of nitrogens with one attached hydrogen (secondary N) is 1. The van der Waals surface area contributed by atoms with Crippen molar-refractivity contribution in [3.63, 3.8) is 0 Å². The lowest BCUT2D eigenvalue weighted by Gasteiger charge is -2.38. The number of hydrogen-bond donors (Lipinski definition) is 4. The van der Waals surface area contributed by atoms with Crippen molar-refractivity contribution in [3.05, 3.63) is 89.5 Å². The van der Waals surface area contributed by atoms with Crippen LogP contribution in [0.25, 0.3) is 10.9 Å². The number of aromatic amines is 1. The van der Waals surface area contributed by atoms with E-state index in [1.165, 1.54) is 63.6 Å². The van der Waals surface area contributed by atoms with Gasteiger partial charge in [0.1, 0.15) is 0 Å². The van der Waals surface area contributed by atoms with E-state index in [0.29, 0.717) is 22.0 Å². The van der Waals surface area contributed by atoms with E-state index in [2.05, 4.69) is 15.0 Å². The van der Waals surface area contributed by atoms with Gasteiger partial charge in [-0.25, -0.2) is 13.4 Å². The molecular weight excluding hydrogens is 587 g/mol. The van der Waals surface area contributed by atoms with Crippen LogP contribution in [0.15, 0.2) is 72.1 Å². The van der Waals surface area contributed by atoms with Gasteiger partial charge in [-0.15, -0.1) is 0 Å². The van der Waals surface area contributed by atoms with Crippen LogP contribution < -0.4 is 11.5 Å². The van der Waals surface area contributed by atoms with Crippen LogP contribution in [0.2, 0.25) is 0 Å². The average molecular weight is 620 g/mol.